The normalized spacial score (nSPS) is 14.6. The number of aromatic nitrogens is 5. The number of rotatable bonds is 12. The highest BCUT2D eigenvalue weighted by molar-refractivity contribution is 6.09. The molecule has 0 saturated carbocycles. The van der Waals surface area contributed by atoms with E-state index in [2.05, 4.69) is 20.7 Å². The number of aryl methyl sites for hydroxylation is 1. The summed E-state index contributed by atoms with van der Waals surface area (Å²) in [6.07, 6.45) is 8.21. The predicted octanol–water partition coefficient (Wildman–Crippen LogP) is 5.02. The van der Waals surface area contributed by atoms with Crippen molar-refractivity contribution in [3.63, 3.8) is 0 Å². The number of hydrogen-bond donors (Lipinski definition) is 2. The summed E-state index contributed by atoms with van der Waals surface area (Å²) in [7, 11) is 3.32. The van der Waals surface area contributed by atoms with Crippen LogP contribution in [0.5, 0.6) is 17.2 Å². The van der Waals surface area contributed by atoms with Crippen LogP contribution in [0.15, 0.2) is 67.3 Å². The van der Waals surface area contributed by atoms with Crippen LogP contribution in [-0.2, 0) is 11.3 Å². The molecule has 2 amide bonds. The van der Waals surface area contributed by atoms with Gasteiger partial charge in [0, 0.05) is 57.4 Å². The van der Waals surface area contributed by atoms with Crippen LogP contribution in [0.3, 0.4) is 0 Å². The van der Waals surface area contributed by atoms with Crippen LogP contribution in [0.25, 0.3) is 16.9 Å². The van der Waals surface area contributed by atoms with Gasteiger partial charge in [-0.05, 0) is 61.7 Å². The van der Waals surface area contributed by atoms with Gasteiger partial charge in [-0.25, -0.2) is 9.50 Å². The van der Waals surface area contributed by atoms with Crippen LogP contribution in [-0.4, -0.2) is 87.6 Å². The van der Waals surface area contributed by atoms with E-state index < -0.39 is 12.5 Å². The molecule has 4 heterocycles. The summed E-state index contributed by atoms with van der Waals surface area (Å²) >= 11 is 0. The fourth-order valence-electron chi connectivity index (χ4n) is 5.52. The minimum Gasteiger partial charge on any atom is -0.457 e. The monoisotopic (exact) mass is 674 g/mol. The number of halogens is 2. The first-order valence-corrected chi connectivity index (χ1v) is 15.7. The maximum atomic E-state index is 13.7. The summed E-state index contributed by atoms with van der Waals surface area (Å²) in [6, 6.07) is 11.3. The minimum atomic E-state index is -3.13. The lowest BCUT2D eigenvalue weighted by atomic mass is 10.1. The Morgan fingerprint density at radius 1 is 1.14 bits per heavy atom. The van der Waals surface area contributed by atoms with Gasteiger partial charge in [-0.3, -0.25) is 14.3 Å². The molecular weight excluding hydrogens is 638 g/mol. The lowest BCUT2D eigenvalue weighted by molar-refractivity contribution is -0.0495. The summed E-state index contributed by atoms with van der Waals surface area (Å²) in [5.41, 5.74) is 2.34. The zero-order valence-corrected chi connectivity index (χ0v) is 27.2. The average Bonchev–Trinajstić information content (AvgIpc) is 3.70. The lowest BCUT2D eigenvalue weighted by Gasteiger charge is -2.23. The van der Waals surface area contributed by atoms with Gasteiger partial charge < -0.3 is 29.7 Å². The molecule has 3 aromatic heterocycles. The predicted molar refractivity (Wildman–Crippen MR) is 176 cm³/mol. The molecule has 0 aliphatic carbocycles. The van der Waals surface area contributed by atoms with E-state index in [4.69, 9.17) is 19.3 Å². The number of alkyl halides is 2. The second-order valence-electron chi connectivity index (χ2n) is 11.7. The number of carbonyl (C=O) groups excluding carboxylic acids is 2. The van der Waals surface area contributed by atoms with Gasteiger partial charge in [0.05, 0.1) is 30.6 Å². The van der Waals surface area contributed by atoms with Crippen molar-refractivity contribution in [2.45, 2.75) is 39.0 Å². The minimum absolute atomic E-state index is 0.148. The quantitative estimate of drug-likeness (QED) is 0.187. The highest BCUT2D eigenvalue weighted by Crippen LogP contribution is 2.39. The van der Waals surface area contributed by atoms with Crippen LogP contribution in [0, 0.1) is 6.92 Å². The van der Waals surface area contributed by atoms with E-state index in [-0.39, 0.29) is 46.0 Å². The van der Waals surface area contributed by atoms with Crippen molar-refractivity contribution in [2.24, 2.45) is 0 Å². The van der Waals surface area contributed by atoms with Crippen molar-refractivity contribution in [3.8, 4) is 28.5 Å². The third-order valence-corrected chi connectivity index (χ3v) is 7.97. The van der Waals surface area contributed by atoms with E-state index in [0.29, 0.717) is 36.7 Å². The smallest absolute Gasteiger partial charge is 0.387 e. The maximum Gasteiger partial charge on any atom is 0.387 e. The Balaban J connectivity index is 1.35. The average molecular weight is 675 g/mol. The number of nitrogens with zero attached hydrogens (tertiary/aromatic N) is 6. The van der Waals surface area contributed by atoms with Crippen molar-refractivity contribution in [3.05, 3.63) is 83.9 Å². The largest absolute Gasteiger partial charge is 0.457 e. The Morgan fingerprint density at radius 2 is 1.96 bits per heavy atom. The third-order valence-electron chi connectivity index (χ3n) is 7.97. The molecule has 6 rings (SSSR count). The molecule has 15 heteroatoms. The van der Waals surface area contributed by atoms with Gasteiger partial charge in [-0.2, -0.15) is 19.0 Å². The molecule has 0 bridgehead atoms. The molecule has 2 N–H and O–H groups in total. The van der Waals surface area contributed by atoms with Crippen molar-refractivity contribution in [2.75, 3.05) is 39.2 Å². The molecule has 5 aromatic rings. The highest BCUT2D eigenvalue weighted by atomic mass is 19.3. The molecular formula is C34H36F2N8O5. The number of anilines is 1. The van der Waals surface area contributed by atoms with E-state index in [0.717, 1.165) is 25.0 Å². The second kappa shape index (κ2) is 14.8. The Bertz CT molecular complexity index is 1950. The van der Waals surface area contributed by atoms with Gasteiger partial charge in [0.2, 0.25) is 0 Å². The fraction of sp³-hybridized carbons (Fsp3) is 0.324. The summed E-state index contributed by atoms with van der Waals surface area (Å²) in [6.45, 7) is 1.01. The van der Waals surface area contributed by atoms with Crippen LogP contribution in [0.2, 0.25) is 0 Å². The van der Waals surface area contributed by atoms with Crippen molar-refractivity contribution >= 4 is 23.1 Å². The van der Waals surface area contributed by atoms with Gasteiger partial charge in [0.1, 0.15) is 28.5 Å². The van der Waals surface area contributed by atoms with Gasteiger partial charge in [-0.15, -0.1) is 0 Å². The van der Waals surface area contributed by atoms with E-state index in [1.165, 1.54) is 33.8 Å². The second-order valence-corrected chi connectivity index (χ2v) is 11.7. The highest BCUT2D eigenvalue weighted by Gasteiger charge is 2.23. The first-order chi connectivity index (χ1) is 23.7. The number of hydrogen-bond acceptors (Lipinski definition) is 9. The summed E-state index contributed by atoms with van der Waals surface area (Å²) in [5, 5.41) is 15.2. The van der Waals surface area contributed by atoms with Crippen LogP contribution in [0.1, 0.15) is 39.1 Å². The third kappa shape index (κ3) is 7.84. The number of carbonyl (C=O) groups is 2. The van der Waals surface area contributed by atoms with Crippen LogP contribution in [0.4, 0.5) is 14.5 Å². The van der Waals surface area contributed by atoms with E-state index in [9.17, 15) is 18.4 Å². The standard InChI is InChI=1S/C34H36F2N8O5/c1-21-7-8-23(16-25(21)33(46)42(2)3)48-24-9-10-29(49-34(35)36)26(17-24)30-28(19-43(41-30)14-12-37-22-6-4-15-47-20-22)40-32(45)27-18-39-44-13-5-11-38-31(27)44/h5,7-11,13,16-19,22,34,37H,4,6,12,14-15,20H2,1-3H3,(H,40,45)/t22-/m0/s1. The molecule has 0 spiro atoms. The van der Waals surface area contributed by atoms with Crippen molar-refractivity contribution in [1.29, 1.82) is 0 Å². The summed E-state index contributed by atoms with van der Waals surface area (Å²) < 4.78 is 47.0. The molecule has 0 radical (unpaired) electrons. The SMILES string of the molecule is Cc1ccc(Oc2ccc(OC(F)F)c(-c3nn(CCN[C@H]4CCCOC4)cc3NC(=O)c3cnn4cccnc34)c2)cc1C(=O)N(C)C. The Morgan fingerprint density at radius 3 is 2.73 bits per heavy atom. The molecule has 1 atom stereocenters. The van der Waals surface area contributed by atoms with Gasteiger partial charge in [0.25, 0.3) is 11.8 Å². The Kier molecular flexibility index (Phi) is 10.1. The zero-order valence-electron chi connectivity index (χ0n) is 27.2. The number of benzene rings is 2. The van der Waals surface area contributed by atoms with Crippen molar-refractivity contribution in [1.82, 2.24) is 34.6 Å². The zero-order chi connectivity index (χ0) is 34.5. The summed E-state index contributed by atoms with van der Waals surface area (Å²) in [4.78, 5) is 32.0. The molecule has 256 valence electrons. The molecule has 1 aliphatic heterocycles. The van der Waals surface area contributed by atoms with E-state index in [1.807, 2.05) is 6.92 Å². The Labute approximate surface area is 280 Å². The number of fused-ring (bicyclic) bond motifs is 1. The molecule has 2 aromatic carbocycles. The first-order valence-electron chi connectivity index (χ1n) is 15.7. The maximum absolute atomic E-state index is 13.7. The van der Waals surface area contributed by atoms with E-state index in [1.54, 1.807) is 61.6 Å². The topological polar surface area (TPSA) is 137 Å². The first kappa shape index (κ1) is 33.5. The molecule has 49 heavy (non-hydrogen) atoms. The van der Waals surface area contributed by atoms with Gasteiger partial charge in [0.15, 0.2) is 5.65 Å². The van der Waals surface area contributed by atoms with Crippen LogP contribution >= 0.6 is 0 Å². The molecule has 1 aliphatic rings. The number of amides is 2. The molecule has 13 nitrogen and oxygen atoms in total. The Hall–Kier alpha value is -5.41. The number of ether oxygens (including phenoxy) is 3. The lowest BCUT2D eigenvalue weighted by Crippen LogP contribution is -2.38. The fourth-order valence-corrected chi connectivity index (χ4v) is 5.52. The van der Waals surface area contributed by atoms with Crippen LogP contribution < -0.4 is 20.1 Å². The van der Waals surface area contributed by atoms with E-state index >= 15 is 0 Å². The molecule has 1 saturated heterocycles. The van der Waals surface area contributed by atoms with Gasteiger partial charge >= 0.3 is 6.61 Å². The molecule has 0 unspecified atom stereocenters. The summed E-state index contributed by atoms with van der Waals surface area (Å²) in [5.74, 6) is -0.260. The number of nitrogens with one attached hydrogen (secondary N) is 2. The molecule has 1 fully saturated rings. The van der Waals surface area contributed by atoms with Crippen molar-refractivity contribution < 1.29 is 32.6 Å². The van der Waals surface area contributed by atoms with Gasteiger partial charge in [-0.1, -0.05) is 6.07 Å².